The minimum atomic E-state index is 0.507. The van der Waals surface area contributed by atoms with Gasteiger partial charge in [0.1, 0.15) is 0 Å². The lowest BCUT2D eigenvalue weighted by Crippen LogP contribution is -2.61. The first-order chi connectivity index (χ1) is 7.74. The normalized spacial score (nSPS) is 37.3. The molecule has 16 heavy (non-hydrogen) atoms. The van der Waals surface area contributed by atoms with Crippen LogP contribution in [0.2, 0.25) is 0 Å². The molecule has 0 aromatic rings. The fourth-order valence-electron chi connectivity index (χ4n) is 2.90. The molecule has 1 atom stereocenters. The molecule has 1 saturated heterocycles. The third-order valence-corrected chi connectivity index (χ3v) is 3.94. The molecule has 2 fully saturated rings. The van der Waals surface area contributed by atoms with Crippen LogP contribution in [0.4, 0.5) is 0 Å². The average Bonchev–Trinajstić information content (AvgIpc) is 2.23. The molecule has 0 radical (unpaired) electrons. The summed E-state index contributed by atoms with van der Waals surface area (Å²) < 4.78 is 5.62. The zero-order valence-corrected chi connectivity index (χ0v) is 10.6. The first kappa shape index (κ1) is 12.3. The summed E-state index contributed by atoms with van der Waals surface area (Å²) in [7, 11) is 2.18. The molecule has 1 aliphatic carbocycles. The van der Waals surface area contributed by atoms with E-state index in [1.807, 2.05) is 0 Å². The van der Waals surface area contributed by atoms with E-state index in [0.717, 1.165) is 25.7 Å². The first-order valence-corrected chi connectivity index (χ1v) is 6.50. The van der Waals surface area contributed by atoms with Gasteiger partial charge in [-0.25, -0.2) is 0 Å². The number of likely N-dealkylation sites (N-methyl/N-ethyl adjacent to an activating group) is 1. The molecular weight excluding hydrogens is 202 g/mol. The van der Waals surface area contributed by atoms with Gasteiger partial charge in [0, 0.05) is 44.9 Å². The van der Waals surface area contributed by atoms with Gasteiger partial charge in [-0.1, -0.05) is 0 Å². The van der Waals surface area contributed by atoms with E-state index in [-0.39, 0.29) is 0 Å². The summed E-state index contributed by atoms with van der Waals surface area (Å²) in [5.41, 5.74) is 5.87. The van der Waals surface area contributed by atoms with Crippen molar-refractivity contribution in [2.45, 2.75) is 38.0 Å². The van der Waals surface area contributed by atoms with Gasteiger partial charge < -0.3 is 15.4 Å². The van der Waals surface area contributed by atoms with Crippen LogP contribution in [0, 0.1) is 0 Å². The average molecular weight is 227 g/mol. The number of rotatable bonds is 4. The molecule has 1 saturated carbocycles. The highest BCUT2D eigenvalue weighted by atomic mass is 16.5. The Morgan fingerprint density at radius 1 is 1.31 bits per heavy atom. The predicted molar refractivity (Wildman–Crippen MR) is 65.5 cm³/mol. The van der Waals surface area contributed by atoms with Gasteiger partial charge in [-0.3, -0.25) is 4.90 Å². The van der Waals surface area contributed by atoms with E-state index in [2.05, 4.69) is 23.8 Å². The molecule has 0 aromatic heterocycles. The second kappa shape index (κ2) is 5.45. The summed E-state index contributed by atoms with van der Waals surface area (Å²) in [6, 6.07) is 1.27. The second-order valence-corrected chi connectivity index (χ2v) is 5.09. The summed E-state index contributed by atoms with van der Waals surface area (Å²) in [6.45, 7) is 7.16. The van der Waals surface area contributed by atoms with Gasteiger partial charge in [-0.2, -0.15) is 0 Å². The maximum atomic E-state index is 5.87. The number of piperazine rings is 1. The van der Waals surface area contributed by atoms with Gasteiger partial charge in [-0.05, 0) is 26.8 Å². The standard InChI is InChI=1S/C12H25N3O/c1-3-16-12-6-10(7-12)15-5-4-14(2)9-11(15)8-13/h10-12H,3-9,13H2,1-2H3. The number of nitrogens with zero attached hydrogens (tertiary/aromatic N) is 2. The molecule has 2 rings (SSSR count). The fraction of sp³-hybridized carbons (Fsp3) is 1.00. The van der Waals surface area contributed by atoms with Crippen LogP contribution in [0.25, 0.3) is 0 Å². The maximum Gasteiger partial charge on any atom is 0.0604 e. The SMILES string of the molecule is CCOC1CC(N2CCN(C)CC2CN)C1. The summed E-state index contributed by atoms with van der Waals surface area (Å²) in [4.78, 5) is 4.99. The van der Waals surface area contributed by atoms with Crippen LogP contribution >= 0.6 is 0 Å². The quantitative estimate of drug-likeness (QED) is 0.741. The van der Waals surface area contributed by atoms with Crippen molar-refractivity contribution in [3.63, 3.8) is 0 Å². The Balaban J connectivity index is 1.80. The van der Waals surface area contributed by atoms with Gasteiger partial charge in [0.15, 0.2) is 0 Å². The minimum Gasteiger partial charge on any atom is -0.378 e. The van der Waals surface area contributed by atoms with Crippen LogP contribution in [0.1, 0.15) is 19.8 Å². The molecule has 1 unspecified atom stereocenters. The van der Waals surface area contributed by atoms with Crippen LogP contribution in [0.5, 0.6) is 0 Å². The molecule has 0 spiro atoms. The van der Waals surface area contributed by atoms with E-state index in [1.165, 1.54) is 25.9 Å². The maximum absolute atomic E-state index is 5.87. The Bertz CT molecular complexity index is 218. The molecule has 2 N–H and O–H groups in total. The molecule has 4 heteroatoms. The first-order valence-electron chi connectivity index (χ1n) is 6.50. The third-order valence-electron chi connectivity index (χ3n) is 3.94. The van der Waals surface area contributed by atoms with Crippen LogP contribution in [-0.4, -0.2) is 67.8 Å². The Morgan fingerprint density at radius 2 is 2.06 bits per heavy atom. The van der Waals surface area contributed by atoms with Crippen LogP contribution in [-0.2, 0) is 4.74 Å². The summed E-state index contributed by atoms with van der Waals surface area (Å²) in [5.74, 6) is 0. The third kappa shape index (κ3) is 2.56. The number of hydrogen-bond donors (Lipinski definition) is 1. The second-order valence-electron chi connectivity index (χ2n) is 5.09. The van der Waals surface area contributed by atoms with E-state index >= 15 is 0 Å². The van der Waals surface area contributed by atoms with Crippen molar-refractivity contribution < 1.29 is 4.74 Å². The number of ether oxygens (including phenoxy) is 1. The Hall–Kier alpha value is -0.160. The lowest BCUT2D eigenvalue weighted by Gasteiger charge is -2.49. The summed E-state index contributed by atoms with van der Waals surface area (Å²) >= 11 is 0. The molecule has 2 aliphatic rings. The highest BCUT2D eigenvalue weighted by molar-refractivity contribution is 4.94. The Kier molecular flexibility index (Phi) is 4.19. The van der Waals surface area contributed by atoms with Crippen molar-refractivity contribution in [2.75, 3.05) is 39.8 Å². The van der Waals surface area contributed by atoms with Crippen LogP contribution in [0.15, 0.2) is 0 Å². The predicted octanol–water partition coefficient (Wildman–Crippen LogP) is 0.129. The highest BCUT2D eigenvalue weighted by Crippen LogP contribution is 2.30. The molecule has 0 amide bonds. The largest absolute Gasteiger partial charge is 0.378 e. The molecule has 0 aromatic carbocycles. The van der Waals surface area contributed by atoms with Gasteiger partial charge >= 0.3 is 0 Å². The van der Waals surface area contributed by atoms with Gasteiger partial charge in [-0.15, -0.1) is 0 Å². The topological polar surface area (TPSA) is 41.7 Å². The molecule has 94 valence electrons. The van der Waals surface area contributed by atoms with Crippen molar-refractivity contribution in [1.29, 1.82) is 0 Å². The van der Waals surface area contributed by atoms with E-state index < -0.39 is 0 Å². The summed E-state index contributed by atoms with van der Waals surface area (Å²) in [6.07, 6.45) is 2.91. The summed E-state index contributed by atoms with van der Waals surface area (Å²) in [5, 5.41) is 0. The Labute approximate surface area is 98.7 Å². The Morgan fingerprint density at radius 3 is 2.69 bits per heavy atom. The minimum absolute atomic E-state index is 0.507. The van der Waals surface area contributed by atoms with E-state index in [1.54, 1.807) is 0 Å². The molecule has 0 bridgehead atoms. The van der Waals surface area contributed by atoms with Crippen molar-refractivity contribution in [2.24, 2.45) is 5.73 Å². The van der Waals surface area contributed by atoms with Crippen LogP contribution in [0.3, 0.4) is 0 Å². The van der Waals surface area contributed by atoms with Gasteiger partial charge in [0.25, 0.3) is 0 Å². The monoisotopic (exact) mass is 227 g/mol. The van der Waals surface area contributed by atoms with Gasteiger partial charge in [0.05, 0.1) is 6.10 Å². The molecule has 4 nitrogen and oxygen atoms in total. The molecule has 1 heterocycles. The highest BCUT2D eigenvalue weighted by Gasteiger charge is 2.38. The van der Waals surface area contributed by atoms with E-state index in [4.69, 9.17) is 10.5 Å². The van der Waals surface area contributed by atoms with Crippen molar-refractivity contribution in [3.05, 3.63) is 0 Å². The fourth-order valence-corrected chi connectivity index (χ4v) is 2.90. The lowest BCUT2D eigenvalue weighted by atomic mass is 9.86. The smallest absolute Gasteiger partial charge is 0.0604 e. The van der Waals surface area contributed by atoms with Crippen molar-refractivity contribution in [1.82, 2.24) is 9.80 Å². The molecular formula is C12H25N3O. The van der Waals surface area contributed by atoms with E-state index in [9.17, 15) is 0 Å². The van der Waals surface area contributed by atoms with E-state index in [0.29, 0.717) is 12.1 Å². The molecule has 1 aliphatic heterocycles. The zero-order chi connectivity index (χ0) is 11.5. The number of nitrogens with two attached hydrogens (primary N) is 1. The number of hydrogen-bond acceptors (Lipinski definition) is 4. The lowest BCUT2D eigenvalue weighted by molar-refractivity contribution is -0.0697. The van der Waals surface area contributed by atoms with Crippen molar-refractivity contribution >= 4 is 0 Å². The zero-order valence-electron chi connectivity index (χ0n) is 10.6. The van der Waals surface area contributed by atoms with Crippen LogP contribution < -0.4 is 5.73 Å². The van der Waals surface area contributed by atoms with Gasteiger partial charge in [0.2, 0.25) is 0 Å². The van der Waals surface area contributed by atoms with Crippen molar-refractivity contribution in [3.8, 4) is 0 Å².